The molecule has 0 amide bonds. The molecule has 4 heteroatoms. The lowest BCUT2D eigenvalue weighted by Gasteiger charge is -2.21. The highest BCUT2D eigenvalue weighted by atomic mass is 16.1. The first-order valence-corrected chi connectivity index (χ1v) is 8.84. The van der Waals surface area contributed by atoms with E-state index in [9.17, 15) is 9.59 Å². The minimum Gasteiger partial charge on any atom is -0.316 e. The van der Waals surface area contributed by atoms with Gasteiger partial charge >= 0.3 is 0 Å². The van der Waals surface area contributed by atoms with Crippen molar-refractivity contribution in [1.29, 1.82) is 0 Å². The van der Waals surface area contributed by atoms with E-state index in [0.717, 1.165) is 27.8 Å². The Morgan fingerprint density at radius 2 is 1.59 bits per heavy atom. The molecule has 0 saturated carbocycles. The number of hydrogen-bond acceptors (Lipinski definition) is 3. The quantitative estimate of drug-likeness (QED) is 0.449. The van der Waals surface area contributed by atoms with E-state index in [4.69, 9.17) is 0 Å². The van der Waals surface area contributed by atoms with Gasteiger partial charge in [0.2, 0.25) is 5.78 Å². The molecule has 0 unspecified atom stereocenters. The van der Waals surface area contributed by atoms with Crippen LogP contribution in [0.25, 0.3) is 16.6 Å². The standard InChI is InChI=1S/C23H16N2O2/c1-13-7-6-10-17-18(13)23(27)19-20(22(17)26)24-14(2)16-11-12-25(21(16)19)15-8-4-3-5-9-15/h3-12H,1-2H3. The summed E-state index contributed by atoms with van der Waals surface area (Å²) in [4.78, 5) is 31.1. The van der Waals surface area contributed by atoms with Gasteiger partial charge in [-0.3, -0.25) is 9.59 Å². The van der Waals surface area contributed by atoms with Crippen molar-refractivity contribution < 1.29 is 9.59 Å². The highest BCUT2D eigenvalue weighted by Gasteiger charge is 2.35. The van der Waals surface area contributed by atoms with E-state index in [2.05, 4.69) is 4.98 Å². The topological polar surface area (TPSA) is 52.0 Å². The molecule has 0 fully saturated rings. The molecule has 130 valence electrons. The van der Waals surface area contributed by atoms with Crippen molar-refractivity contribution in [3.63, 3.8) is 0 Å². The fourth-order valence-electron chi connectivity index (χ4n) is 3.97. The number of carbonyl (C=O) groups excluding carboxylic acids is 2. The summed E-state index contributed by atoms with van der Waals surface area (Å²) in [6.45, 7) is 3.74. The Hall–Kier alpha value is -3.53. The monoisotopic (exact) mass is 352 g/mol. The van der Waals surface area contributed by atoms with Crippen molar-refractivity contribution in [2.45, 2.75) is 13.8 Å². The fourth-order valence-corrected chi connectivity index (χ4v) is 3.97. The van der Waals surface area contributed by atoms with Crippen molar-refractivity contribution in [3.8, 4) is 5.69 Å². The second-order valence-electron chi connectivity index (χ2n) is 6.86. The van der Waals surface area contributed by atoms with Crippen LogP contribution in [0.2, 0.25) is 0 Å². The van der Waals surface area contributed by atoms with Crippen molar-refractivity contribution in [2.75, 3.05) is 0 Å². The third kappa shape index (κ3) is 2.07. The van der Waals surface area contributed by atoms with Crippen molar-refractivity contribution in [1.82, 2.24) is 9.55 Å². The fraction of sp³-hybridized carbons (Fsp3) is 0.0870. The van der Waals surface area contributed by atoms with E-state index in [1.54, 1.807) is 6.07 Å². The second-order valence-corrected chi connectivity index (χ2v) is 6.86. The highest BCUT2D eigenvalue weighted by Crippen LogP contribution is 2.35. The molecule has 1 aliphatic rings. The summed E-state index contributed by atoms with van der Waals surface area (Å²) in [5.41, 5.74) is 4.82. The molecule has 0 spiro atoms. The third-order valence-electron chi connectivity index (χ3n) is 5.25. The molecule has 0 N–H and O–H groups in total. The smallest absolute Gasteiger partial charge is 0.212 e. The number of pyridine rings is 1. The van der Waals surface area contributed by atoms with E-state index < -0.39 is 0 Å². The van der Waals surface area contributed by atoms with Crippen LogP contribution in [0.5, 0.6) is 0 Å². The maximum absolute atomic E-state index is 13.5. The van der Waals surface area contributed by atoms with Gasteiger partial charge in [0, 0.05) is 34.1 Å². The van der Waals surface area contributed by atoms with E-state index in [-0.39, 0.29) is 17.3 Å². The van der Waals surface area contributed by atoms with Crippen LogP contribution < -0.4 is 0 Å². The molecule has 2 aromatic carbocycles. The van der Waals surface area contributed by atoms with Crippen LogP contribution in [-0.2, 0) is 0 Å². The summed E-state index contributed by atoms with van der Waals surface area (Å²) >= 11 is 0. The lowest BCUT2D eigenvalue weighted by Crippen LogP contribution is -2.24. The Morgan fingerprint density at radius 1 is 0.815 bits per heavy atom. The molecule has 5 rings (SSSR count). The van der Waals surface area contributed by atoms with Gasteiger partial charge in [-0.05, 0) is 37.6 Å². The molecule has 0 radical (unpaired) electrons. The molecule has 2 aromatic heterocycles. The average molecular weight is 352 g/mol. The van der Waals surface area contributed by atoms with Crippen molar-refractivity contribution in [2.24, 2.45) is 0 Å². The SMILES string of the molecule is Cc1cccc2c1C(=O)c1c(nc(C)c3ccn(-c4ccccc4)c13)C2=O. The Morgan fingerprint density at radius 3 is 2.37 bits per heavy atom. The molecule has 1 aliphatic carbocycles. The molecule has 27 heavy (non-hydrogen) atoms. The van der Waals surface area contributed by atoms with Gasteiger partial charge in [0.15, 0.2) is 5.78 Å². The minimum absolute atomic E-state index is 0.133. The number of para-hydroxylation sites is 1. The zero-order valence-corrected chi connectivity index (χ0v) is 15.0. The van der Waals surface area contributed by atoms with Gasteiger partial charge < -0.3 is 4.57 Å². The third-order valence-corrected chi connectivity index (χ3v) is 5.25. The summed E-state index contributed by atoms with van der Waals surface area (Å²) in [7, 11) is 0. The molecule has 4 aromatic rings. The number of aryl methyl sites for hydroxylation is 2. The van der Waals surface area contributed by atoms with Gasteiger partial charge in [-0.15, -0.1) is 0 Å². The number of nitrogens with zero attached hydrogens (tertiary/aromatic N) is 2. The van der Waals surface area contributed by atoms with Gasteiger partial charge in [0.25, 0.3) is 0 Å². The minimum atomic E-state index is -0.186. The number of fused-ring (bicyclic) bond motifs is 4. The first-order chi connectivity index (χ1) is 13.1. The molecule has 2 heterocycles. The molecule has 0 aliphatic heterocycles. The molecular weight excluding hydrogens is 336 g/mol. The zero-order chi connectivity index (χ0) is 18.7. The molecule has 4 nitrogen and oxygen atoms in total. The maximum Gasteiger partial charge on any atom is 0.212 e. The maximum atomic E-state index is 13.5. The van der Waals surface area contributed by atoms with Gasteiger partial charge in [-0.2, -0.15) is 0 Å². The van der Waals surface area contributed by atoms with Gasteiger partial charge in [0.1, 0.15) is 5.69 Å². The number of rotatable bonds is 1. The largest absolute Gasteiger partial charge is 0.316 e. The number of ketones is 2. The van der Waals surface area contributed by atoms with E-state index >= 15 is 0 Å². The Kier molecular flexibility index (Phi) is 3.19. The summed E-state index contributed by atoms with van der Waals surface area (Å²) < 4.78 is 1.97. The normalized spacial score (nSPS) is 13.0. The Bertz CT molecular complexity index is 1270. The zero-order valence-electron chi connectivity index (χ0n) is 15.0. The second kappa shape index (κ2) is 5.48. The molecule has 0 saturated heterocycles. The van der Waals surface area contributed by atoms with Gasteiger partial charge in [-0.1, -0.05) is 36.4 Å². The number of benzene rings is 2. The summed E-state index contributed by atoms with van der Waals surface area (Å²) in [6, 6.07) is 17.2. The van der Waals surface area contributed by atoms with Crippen LogP contribution in [0.3, 0.4) is 0 Å². The first-order valence-electron chi connectivity index (χ1n) is 8.84. The van der Waals surface area contributed by atoms with Crippen LogP contribution in [0.4, 0.5) is 0 Å². The number of carbonyl (C=O) groups is 2. The van der Waals surface area contributed by atoms with E-state index in [0.29, 0.717) is 16.7 Å². The predicted molar refractivity (Wildman–Crippen MR) is 104 cm³/mol. The predicted octanol–water partition coefficient (Wildman–Crippen LogP) is 4.42. The van der Waals surface area contributed by atoms with E-state index in [1.807, 2.05) is 73.1 Å². The number of aromatic nitrogens is 2. The van der Waals surface area contributed by atoms with Crippen molar-refractivity contribution in [3.05, 3.63) is 94.4 Å². The van der Waals surface area contributed by atoms with Crippen LogP contribution in [0.1, 0.15) is 43.2 Å². The Labute approximate surface area is 156 Å². The lowest BCUT2D eigenvalue weighted by atomic mass is 9.83. The first kappa shape index (κ1) is 15.7. The van der Waals surface area contributed by atoms with Gasteiger partial charge in [-0.25, -0.2) is 4.98 Å². The highest BCUT2D eigenvalue weighted by molar-refractivity contribution is 6.31. The van der Waals surface area contributed by atoms with Crippen LogP contribution >= 0.6 is 0 Å². The van der Waals surface area contributed by atoms with Crippen LogP contribution in [0, 0.1) is 13.8 Å². The molecular formula is C23H16N2O2. The molecule has 0 bridgehead atoms. The lowest BCUT2D eigenvalue weighted by molar-refractivity contribution is 0.0976. The van der Waals surface area contributed by atoms with Crippen LogP contribution in [-0.4, -0.2) is 21.1 Å². The average Bonchev–Trinajstić information content (AvgIpc) is 3.12. The Balaban J connectivity index is 1.92. The summed E-state index contributed by atoms with van der Waals surface area (Å²) in [5.74, 6) is -0.319. The van der Waals surface area contributed by atoms with E-state index in [1.165, 1.54) is 0 Å². The number of hydrogen-bond donors (Lipinski definition) is 0. The molecule has 0 atom stereocenters. The van der Waals surface area contributed by atoms with Gasteiger partial charge in [0.05, 0.1) is 11.1 Å². The van der Waals surface area contributed by atoms with Crippen LogP contribution in [0.15, 0.2) is 60.8 Å². The summed E-state index contributed by atoms with van der Waals surface area (Å²) in [6.07, 6.45) is 1.93. The van der Waals surface area contributed by atoms with Crippen molar-refractivity contribution >= 4 is 22.5 Å². The summed E-state index contributed by atoms with van der Waals surface area (Å²) in [5, 5.41) is 0.885.